The Labute approximate surface area is 101 Å². The summed E-state index contributed by atoms with van der Waals surface area (Å²) in [4.78, 5) is 0. The van der Waals surface area contributed by atoms with Crippen LogP contribution in [0.5, 0.6) is 5.75 Å². The van der Waals surface area contributed by atoms with Gasteiger partial charge in [-0.25, -0.2) is 0 Å². The van der Waals surface area contributed by atoms with Gasteiger partial charge in [0.1, 0.15) is 5.75 Å². The summed E-state index contributed by atoms with van der Waals surface area (Å²) in [5, 5.41) is 4.04. The van der Waals surface area contributed by atoms with Gasteiger partial charge in [0.15, 0.2) is 0 Å². The van der Waals surface area contributed by atoms with Crippen LogP contribution < -0.4 is 15.8 Å². The van der Waals surface area contributed by atoms with Crippen LogP contribution >= 0.6 is 11.6 Å². The SMILES string of the molecule is COc1ccc(NC2CCCC2N)cc1Cl. The van der Waals surface area contributed by atoms with Crippen molar-refractivity contribution in [2.45, 2.75) is 31.3 Å². The van der Waals surface area contributed by atoms with Crippen LogP contribution in [0.3, 0.4) is 0 Å². The molecule has 4 heteroatoms. The van der Waals surface area contributed by atoms with Crippen LogP contribution in [0.4, 0.5) is 5.69 Å². The lowest BCUT2D eigenvalue weighted by atomic mass is 10.1. The summed E-state index contributed by atoms with van der Waals surface area (Å²) in [6.07, 6.45) is 3.43. The maximum atomic E-state index is 6.06. The van der Waals surface area contributed by atoms with Crippen LogP contribution in [-0.4, -0.2) is 19.2 Å². The third kappa shape index (κ3) is 2.42. The number of anilines is 1. The van der Waals surface area contributed by atoms with Gasteiger partial charge in [-0.1, -0.05) is 11.6 Å². The number of benzene rings is 1. The molecular formula is C12H17ClN2O. The second-order valence-corrected chi connectivity index (χ2v) is 4.60. The summed E-state index contributed by atoms with van der Waals surface area (Å²) in [5.74, 6) is 0.697. The van der Waals surface area contributed by atoms with Crippen molar-refractivity contribution in [2.24, 2.45) is 5.73 Å². The van der Waals surface area contributed by atoms with E-state index < -0.39 is 0 Å². The Morgan fingerprint density at radius 3 is 2.81 bits per heavy atom. The maximum absolute atomic E-state index is 6.06. The molecule has 0 aromatic heterocycles. The molecule has 88 valence electrons. The molecule has 2 atom stereocenters. The number of ether oxygens (including phenoxy) is 1. The second-order valence-electron chi connectivity index (χ2n) is 4.19. The molecule has 1 aromatic carbocycles. The van der Waals surface area contributed by atoms with Gasteiger partial charge in [-0.15, -0.1) is 0 Å². The topological polar surface area (TPSA) is 47.3 Å². The lowest BCUT2D eigenvalue weighted by molar-refractivity contribution is 0.415. The van der Waals surface area contributed by atoms with Gasteiger partial charge in [-0.2, -0.15) is 0 Å². The summed E-state index contributed by atoms with van der Waals surface area (Å²) in [6.45, 7) is 0. The van der Waals surface area contributed by atoms with E-state index in [2.05, 4.69) is 5.32 Å². The molecule has 3 N–H and O–H groups in total. The summed E-state index contributed by atoms with van der Waals surface area (Å²) in [5.41, 5.74) is 7.01. The lowest BCUT2D eigenvalue weighted by Gasteiger charge is -2.19. The fraction of sp³-hybridized carbons (Fsp3) is 0.500. The highest BCUT2D eigenvalue weighted by molar-refractivity contribution is 6.32. The van der Waals surface area contributed by atoms with Gasteiger partial charge in [0.25, 0.3) is 0 Å². The normalized spacial score (nSPS) is 24.4. The van der Waals surface area contributed by atoms with E-state index >= 15 is 0 Å². The maximum Gasteiger partial charge on any atom is 0.137 e. The van der Waals surface area contributed by atoms with Crippen molar-refractivity contribution in [3.8, 4) is 5.75 Å². The highest BCUT2D eigenvalue weighted by atomic mass is 35.5. The van der Waals surface area contributed by atoms with Crippen molar-refractivity contribution in [1.29, 1.82) is 0 Å². The zero-order chi connectivity index (χ0) is 11.5. The van der Waals surface area contributed by atoms with E-state index in [0.29, 0.717) is 16.8 Å². The molecule has 0 bridgehead atoms. The van der Waals surface area contributed by atoms with Crippen LogP contribution in [0, 0.1) is 0 Å². The molecule has 0 heterocycles. The van der Waals surface area contributed by atoms with E-state index in [1.54, 1.807) is 7.11 Å². The van der Waals surface area contributed by atoms with E-state index in [1.807, 2.05) is 18.2 Å². The van der Waals surface area contributed by atoms with Gasteiger partial charge in [-0.05, 0) is 37.5 Å². The molecule has 3 nitrogen and oxygen atoms in total. The number of rotatable bonds is 3. The van der Waals surface area contributed by atoms with Crippen molar-refractivity contribution in [2.75, 3.05) is 12.4 Å². The Balaban J connectivity index is 2.07. The van der Waals surface area contributed by atoms with Gasteiger partial charge < -0.3 is 15.8 Å². The summed E-state index contributed by atoms with van der Waals surface area (Å²) >= 11 is 6.06. The fourth-order valence-electron chi connectivity index (χ4n) is 2.14. The summed E-state index contributed by atoms with van der Waals surface area (Å²) in [6, 6.07) is 6.33. The third-order valence-electron chi connectivity index (χ3n) is 3.07. The van der Waals surface area contributed by atoms with Crippen LogP contribution in [-0.2, 0) is 0 Å². The van der Waals surface area contributed by atoms with E-state index in [4.69, 9.17) is 22.1 Å². The number of halogens is 1. The number of methoxy groups -OCH3 is 1. The molecule has 1 saturated carbocycles. The summed E-state index contributed by atoms with van der Waals surface area (Å²) < 4.78 is 5.11. The van der Waals surface area contributed by atoms with Gasteiger partial charge >= 0.3 is 0 Å². The molecule has 0 amide bonds. The minimum Gasteiger partial charge on any atom is -0.495 e. The Morgan fingerprint density at radius 1 is 1.44 bits per heavy atom. The molecule has 2 rings (SSSR count). The highest BCUT2D eigenvalue weighted by Crippen LogP contribution is 2.29. The third-order valence-corrected chi connectivity index (χ3v) is 3.37. The molecule has 0 radical (unpaired) electrons. The first-order valence-electron chi connectivity index (χ1n) is 5.56. The average Bonchev–Trinajstić information content (AvgIpc) is 2.65. The molecule has 1 aliphatic carbocycles. The van der Waals surface area contributed by atoms with Gasteiger partial charge in [-0.3, -0.25) is 0 Å². The molecular weight excluding hydrogens is 224 g/mol. The Bertz CT molecular complexity index is 370. The molecule has 0 aliphatic heterocycles. The van der Waals surface area contributed by atoms with Gasteiger partial charge in [0, 0.05) is 17.8 Å². The van der Waals surface area contributed by atoms with Crippen LogP contribution in [0.1, 0.15) is 19.3 Å². The molecule has 16 heavy (non-hydrogen) atoms. The minimum absolute atomic E-state index is 0.251. The van der Waals surface area contributed by atoms with Crippen LogP contribution in [0.2, 0.25) is 5.02 Å². The number of hydrogen-bond donors (Lipinski definition) is 2. The fourth-order valence-corrected chi connectivity index (χ4v) is 2.40. The second kappa shape index (κ2) is 4.93. The first-order chi connectivity index (χ1) is 7.70. The number of nitrogens with one attached hydrogen (secondary N) is 1. The minimum atomic E-state index is 0.251. The molecule has 1 aliphatic rings. The lowest BCUT2D eigenvalue weighted by Crippen LogP contribution is -2.35. The monoisotopic (exact) mass is 240 g/mol. The molecule has 0 spiro atoms. The van der Waals surface area contributed by atoms with E-state index in [1.165, 1.54) is 6.42 Å². The molecule has 1 fully saturated rings. The van der Waals surface area contributed by atoms with Crippen LogP contribution in [0.25, 0.3) is 0 Å². The van der Waals surface area contributed by atoms with Crippen molar-refractivity contribution in [3.63, 3.8) is 0 Å². The van der Waals surface area contributed by atoms with Crippen molar-refractivity contribution >= 4 is 17.3 Å². The Hall–Kier alpha value is -0.930. The molecule has 0 saturated heterocycles. The Morgan fingerprint density at radius 2 is 2.25 bits per heavy atom. The van der Waals surface area contributed by atoms with E-state index in [0.717, 1.165) is 18.5 Å². The van der Waals surface area contributed by atoms with Gasteiger partial charge in [0.2, 0.25) is 0 Å². The Kier molecular flexibility index (Phi) is 3.56. The first-order valence-corrected chi connectivity index (χ1v) is 5.94. The van der Waals surface area contributed by atoms with Crippen molar-refractivity contribution in [3.05, 3.63) is 23.2 Å². The van der Waals surface area contributed by atoms with E-state index in [-0.39, 0.29) is 6.04 Å². The van der Waals surface area contributed by atoms with E-state index in [9.17, 15) is 0 Å². The molecule has 1 aromatic rings. The largest absolute Gasteiger partial charge is 0.495 e. The number of hydrogen-bond acceptors (Lipinski definition) is 3. The zero-order valence-electron chi connectivity index (χ0n) is 9.37. The van der Waals surface area contributed by atoms with Crippen molar-refractivity contribution in [1.82, 2.24) is 0 Å². The quantitative estimate of drug-likeness (QED) is 0.854. The predicted octanol–water partition coefficient (Wildman–Crippen LogP) is 2.64. The standard InChI is InChI=1S/C12H17ClN2O/c1-16-12-6-5-8(7-9(12)13)15-11-4-2-3-10(11)14/h5-7,10-11,15H,2-4,14H2,1H3. The van der Waals surface area contributed by atoms with Gasteiger partial charge in [0.05, 0.1) is 12.1 Å². The van der Waals surface area contributed by atoms with Crippen molar-refractivity contribution < 1.29 is 4.74 Å². The predicted molar refractivity (Wildman–Crippen MR) is 67.2 cm³/mol. The zero-order valence-corrected chi connectivity index (χ0v) is 10.1. The first kappa shape index (κ1) is 11.6. The smallest absolute Gasteiger partial charge is 0.137 e. The van der Waals surface area contributed by atoms with Crippen LogP contribution in [0.15, 0.2) is 18.2 Å². The number of nitrogens with two attached hydrogens (primary N) is 1. The average molecular weight is 241 g/mol. The summed E-state index contributed by atoms with van der Waals surface area (Å²) in [7, 11) is 1.61. The highest BCUT2D eigenvalue weighted by Gasteiger charge is 2.23. The molecule has 2 unspecified atom stereocenters.